The lowest BCUT2D eigenvalue weighted by Crippen LogP contribution is -2.03. The number of aliphatic hydroxyl groups is 1. The Morgan fingerprint density at radius 1 is 1.43 bits per heavy atom. The third-order valence-electron chi connectivity index (χ3n) is 2.23. The van der Waals surface area contributed by atoms with E-state index in [2.05, 4.69) is 19.9 Å². The van der Waals surface area contributed by atoms with Crippen LogP contribution in [0.25, 0.3) is 0 Å². The van der Waals surface area contributed by atoms with Crippen molar-refractivity contribution in [2.24, 2.45) is 5.92 Å². The van der Waals surface area contributed by atoms with Gasteiger partial charge in [-0.25, -0.2) is 0 Å². The molecule has 0 amide bonds. The van der Waals surface area contributed by atoms with Crippen molar-refractivity contribution in [3.05, 3.63) is 21.3 Å². The van der Waals surface area contributed by atoms with E-state index in [0.717, 1.165) is 17.2 Å². The molecule has 0 bridgehead atoms. The van der Waals surface area contributed by atoms with Crippen LogP contribution in [0.4, 0.5) is 0 Å². The molecule has 1 aromatic heterocycles. The first-order valence-corrected chi connectivity index (χ1v) is 6.19. The van der Waals surface area contributed by atoms with E-state index in [0.29, 0.717) is 11.8 Å². The van der Waals surface area contributed by atoms with Crippen molar-refractivity contribution in [2.45, 2.75) is 32.6 Å². The number of thiophene rings is 1. The first kappa shape index (κ1) is 12.0. The van der Waals surface area contributed by atoms with Gasteiger partial charge in [-0.2, -0.15) is 0 Å². The van der Waals surface area contributed by atoms with E-state index >= 15 is 0 Å². The third kappa shape index (κ3) is 3.60. The molecular formula is C11H17ClOS. The molecule has 0 saturated carbocycles. The number of hydrogen-bond acceptors (Lipinski definition) is 2. The molecule has 1 nitrogen and oxygen atoms in total. The summed E-state index contributed by atoms with van der Waals surface area (Å²) in [4.78, 5) is 1.30. The molecular weight excluding hydrogens is 216 g/mol. The van der Waals surface area contributed by atoms with Crippen molar-refractivity contribution in [3.8, 4) is 0 Å². The number of aliphatic hydroxyl groups excluding tert-OH is 1. The molecule has 0 aliphatic rings. The van der Waals surface area contributed by atoms with E-state index in [1.165, 1.54) is 4.88 Å². The highest BCUT2D eigenvalue weighted by molar-refractivity contribution is 7.16. The number of rotatable bonds is 5. The predicted molar refractivity (Wildman–Crippen MR) is 63.2 cm³/mol. The summed E-state index contributed by atoms with van der Waals surface area (Å²) in [5, 5.41) is 8.99. The van der Waals surface area contributed by atoms with Gasteiger partial charge in [-0.3, -0.25) is 0 Å². The second-order valence-corrected chi connectivity index (χ2v) is 5.73. The van der Waals surface area contributed by atoms with E-state index < -0.39 is 0 Å². The molecule has 1 heterocycles. The molecule has 0 saturated heterocycles. The van der Waals surface area contributed by atoms with Crippen LogP contribution in [0.5, 0.6) is 0 Å². The Morgan fingerprint density at radius 3 is 2.57 bits per heavy atom. The third-order valence-corrected chi connectivity index (χ3v) is 3.62. The molecule has 0 spiro atoms. The van der Waals surface area contributed by atoms with E-state index in [4.69, 9.17) is 16.7 Å². The zero-order valence-electron chi connectivity index (χ0n) is 8.66. The number of hydrogen-bond donors (Lipinski definition) is 1. The van der Waals surface area contributed by atoms with Gasteiger partial charge in [0.25, 0.3) is 0 Å². The second kappa shape index (κ2) is 5.74. The highest BCUT2D eigenvalue weighted by atomic mass is 35.5. The van der Waals surface area contributed by atoms with E-state index in [1.54, 1.807) is 11.3 Å². The summed E-state index contributed by atoms with van der Waals surface area (Å²) < 4.78 is 0.840. The summed E-state index contributed by atoms with van der Waals surface area (Å²) in [6.45, 7) is 4.67. The molecule has 0 radical (unpaired) electrons. The Balaban J connectivity index is 2.66. The second-order valence-electron chi connectivity index (χ2n) is 3.98. The standard InChI is InChI=1S/C11H17ClOS/c1-8(2)7-9(5-6-13)10-3-4-11(12)14-10/h3-4,8-9,13H,5-7H2,1-2H3. The van der Waals surface area contributed by atoms with Crippen LogP contribution in [-0.2, 0) is 0 Å². The minimum absolute atomic E-state index is 0.257. The summed E-state index contributed by atoms with van der Waals surface area (Å²) in [6, 6.07) is 4.02. The summed E-state index contributed by atoms with van der Waals surface area (Å²) >= 11 is 7.53. The highest BCUT2D eigenvalue weighted by Crippen LogP contribution is 2.33. The van der Waals surface area contributed by atoms with Crippen molar-refractivity contribution < 1.29 is 5.11 Å². The van der Waals surface area contributed by atoms with Crippen molar-refractivity contribution >= 4 is 22.9 Å². The van der Waals surface area contributed by atoms with Crippen molar-refractivity contribution in [2.75, 3.05) is 6.61 Å². The summed E-state index contributed by atoms with van der Waals surface area (Å²) in [6.07, 6.45) is 1.96. The Kier molecular flexibility index (Phi) is 4.93. The van der Waals surface area contributed by atoms with Crippen LogP contribution in [0.2, 0.25) is 4.34 Å². The molecule has 0 fully saturated rings. The number of halogens is 1. The molecule has 0 aliphatic carbocycles. The largest absolute Gasteiger partial charge is 0.396 e. The van der Waals surface area contributed by atoms with Crippen LogP contribution in [0.15, 0.2) is 12.1 Å². The van der Waals surface area contributed by atoms with Crippen molar-refractivity contribution in [1.82, 2.24) is 0 Å². The van der Waals surface area contributed by atoms with E-state index in [1.807, 2.05) is 6.07 Å². The zero-order valence-corrected chi connectivity index (χ0v) is 10.2. The van der Waals surface area contributed by atoms with Crippen LogP contribution in [0.3, 0.4) is 0 Å². The molecule has 1 N–H and O–H groups in total. The molecule has 1 aromatic rings. The Morgan fingerprint density at radius 2 is 2.14 bits per heavy atom. The monoisotopic (exact) mass is 232 g/mol. The van der Waals surface area contributed by atoms with Gasteiger partial charge >= 0.3 is 0 Å². The predicted octanol–water partition coefficient (Wildman–Crippen LogP) is 3.91. The van der Waals surface area contributed by atoms with E-state index in [9.17, 15) is 0 Å². The fourth-order valence-corrected chi connectivity index (χ4v) is 2.86. The van der Waals surface area contributed by atoms with Gasteiger partial charge < -0.3 is 5.11 Å². The fraction of sp³-hybridized carbons (Fsp3) is 0.636. The molecule has 0 aliphatic heterocycles. The summed E-state index contributed by atoms with van der Waals surface area (Å²) in [5.41, 5.74) is 0. The van der Waals surface area contributed by atoms with Crippen LogP contribution < -0.4 is 0 Å². The maximum absolute atomic E-state index is 8.99. The molecule has 0 aromatic carbocycles. The molecule has 1 unspecified atom stereocenters. The Hall–Kier alpha value is -0.0500. The van der Waals surface area contributed by atoms with Crippen LogP contribution in [0, 0.1) is 5.92 Å². The molecule has 80 valence electrons. The van der Waals surface area contributed by atoms with Crippen LogP contribution in [-0.4, -0.2) is 11.7 Å². The van der Waals surface area contributed by atoms with Gasteiger partial charge in [0.05, 0.1) is 4.34 Å². The zero-order chi connectivity index (χ0) is 10.6. The first-order chi connectivity index (χ1) is 6.63. The fourth-order valence-electron chi connectivity index (χ4n) is 1.65. The van der Waals surface area contributed by atoms with Crippen molar-refractivity contribution in [3.63, 3.8) is 0 Å². The normalized spacial score (nSPS) is 13.5. The van der Waals surface area contributed by atoms with Gasteiger partial charge in [-0.15, -0.1) is 11.3 Å². The van der Waals surface area contributed by atoms with Gasteiger partial charge in [-0.05, 0) is 36.8 Å². The smallest absolute Gasteiger partial charge is 0.0931 e. The molecule has 3 heteroatoms. The van der Waals surface area contributed by atoms with Gasteiger partial charge in [0.1, 0.15) is 0 Å². The molecule has 1 atom stereocenters. The summed E-state index contributed by atoms with van der Waals surface area (Å²) in [5.74, 6) is 1.13. The van der Waals surface area contributed by atoms with Crippen LogP contribution >= 0.6 is 22.9 Å². The quantitative estimate of drug-likeness (QED) is 0.816. The molecule has 14 heavy (non-hydrogen) atoms. The average molecular weight is 233 g/mol. The minimum atomic E-state index is 0.257. The minimum Gasteiger partial charge on any atom is -0.396 e. The van der Waals surface area contributed by atoms with Gasteiger partial charge in [-0.1, -0.05) is 25.4 Å². The lowest BCUT2D eigenvalue weighted by Gasteiger charge is -2.16. The SMILES string of the molecule is CC(C)CC(CCO)c1ccc(Cl)s1. The van der Waals surface area contributed by atoms with Gasteiger partial charge in [0.15, 0.2) is 0 Å². The van der Waals surface area contributed by atoms with Crippen LogP contribution in [0.1, 0.15) is 37.5 Å². The lowest BCUT2D eigenvalue weighted by atomic mass is 9.93. The Bertz CT molecular complexity index is 270. The maximum atomic E-state index is 8.99. The average Bonchev–Trinajstić information content (AvgIpc) is 2.50. The lowest BCUT2D eigenvalue weighted by molar-refractivity contribution is 0.268. The van der Waals surface area contributed by atoms with E-state index in [-0.39, 0.29) is 6.61 Å². The van der Waals surface area contributed by atoms with Gasteiger partial charge in [0.2, 0.25) is 0 Å². The van der Waals surface area contributed by atoms with Crippen molar-refractivity contribution in [1.29, 1.82) is 0 Å². The van der Waals surface area contributed by atoms with Gasteiger partial charge in [0, 0.05) is 11.5 Å². The molecule has 1 rings (SSSR count). The Labute approximate surface area is 94.7 Å². The first-order valence-electron chi connectivity index (χ1n) is 4.99. The maximum Gasteiger partial charge on any atom is 0.0931 e. The topological polar surface area (TPSA) is 20.2 Å². The highest BCUT2D eigenvalue weighted by Gasteiger charge is 2.14. The summed E-state index contributed by atoms with van der Waals surface area (Å²) in [7, 11) is 0.